The topological polar surface area (TPSA) is 78.9 Å². The van der Waals surface area contributed by atoms with E-state index in [2.05, 4.69) is 45.1 Å². The van der Waals surface area contributed by atoms with Crippen LogP contribution >= 0.6 is 0 Å². The van der Waals surface area contributed by atoms with Crippen LogP contribution < -0.4 is 0 Å². The molecule has 0 fully saturated rings. The molecule has 0 N–H and O–H groups in total. The van der Waals surface area contributed by atoms with Gasteiger partial charge in [0.1, 0.15) is 13.2 Å². The number of carbonyl (C=O) groups is 3. The first-order valence-corrected chi connectivity index (χ1v) is 32.3. The molecule has 0 aromatic rings. The quantitative estimate of drug-likeness (QED) is 0.0261. The van der Waals surface area contributed by atoms with Crippen LogP contribution in [0.15, 0.2) is 24.3 Å². The Morgan fingerprint density at radius 1 is 0.278 bits per heavy atom. The second-order valence-corrected chi connectivity index (χ2v) is 22.0. The van der Waals surface area contributed by atoms with Gasteiger partial charge in [0.05, 0.1) is 0 Å². The summed E-state index contributed by atoms with van der Waals surface area (Å²) in [6.07, 6.45) is 73.6. The van der Waals surface area contributed by atoms with Crippen LogP contribution in [-0.2, 0) is 28.6 Å². The van der Waals surface area contributed by atoms with Crippen LogP contribution in [0.2, 0.25) is 0 Å². The first kappa shape index (κ1) is 69.9. The van der Waals surface area contributed by atoms with Crippen molar-refractivity contribution in [1.29, 1.82) is 0 Å². The summed E-state index contributed by atoms with van der Waals surface area (Å²) in [5.74, 6) is -0.842. The lowest BCUT2D eigenvalue weighted by atomic mass is 10.0. The van der Waals surface area contributed by atoms with Crippen molar-refractivity contribution in [3.63, 3.8) is 0 Å². The molecular weight excluding hydrogens is 889 g/mol. The maximum absolute atomic E-state index is 12.8. The first-order chi connectivity index (χ1) is 35.5. The van der Waals surface area contributed by atoms with Gasteiger partial charge in [-0.1, -0.05) is 315 Å². The predicted octanol–water partition coefficient (Wildman–Crippen LogP) is 21.8. The van der Waals surface area contributed by atoms with Gasteiger partial charge in [0, 0.05) is 19.3 Å². The van der Waals surface area contributed by atoms with E-state index in [-0.39, 0.29) is 31.1 Å². The molecule has 1 atom stereocenters. The van der Waals surface area contributed by atoms with Crippen molar-refractivity contribution < 1.29 is 28.6 Å². The Kier molecular flexibility index (Phi) is 59.6. The number of ether oxygens (including phenoxy) is 3. The van der Waals surface area contributed by atoms with Crippen molar-refractivity contribution in [2.75, 3.05) is 13.2 Å². The van der Waals surface area contributed by atoms with Crippen molar-refractivity contribution in [3.8, 4) is 0 Å². The summed E-state index contributed by atoms with van der Waals surface area (Å²) in [5.41, 5.74) is 0. The van der Waals surface area contributed by atoms with Crippen molar-refractivity contribution in [2.24, 2.45) is 0 Å². The molecule has 0 heterocycles. The van der Waals surface area contributed by atoms with E-state index >= 15 is 0 Å². The molecule has 424 valence electrons. The van der Waals surface area contributed by atoms with Gasteiger partial charge in [-0.2, -0.15) is 0 Å². The Hall–Kier alpha value is -2.11. The lowest BCUT2D eigenvalue weighted by Gasteiger charge is -2.18. The molecule has 0 bridgehead atoms. The standard InChI is InChI=1S/C66H124O6/c1-4-7-10-13-16-19-21-23-25-26-27-28-29-30-31-32-33-34-35-36-37-38-39-40-41-43-44-47-50-53-56-59-65(68)71-62-63(61-70-64(67)58-55-52-49-46-18-15-12-9-6-3)72-66(69)60-57-54-51-48-45-42-24-22-20-17-14-11-8-5-2/h21,23,26-27,63H,4-20,22,24-25,28-62H2,1-3H3/b23-21-,27-26-. The molecule has 0 rings (SSSR count). The van der Waals surface area contributed by atoms with Crippen molar-refractivity contribution >= 4 is 17.9 Å². The minimum atomic E-state index is -0.763. The van der Waals surface area contributed by atoms with Gasteiger partial charge in [0.25, 0.3) is 0 Å². The molecule has 0 saturated carbocycles. The Morgan fingerprint density at radius 2 is 0.500 bits per heavy atom. The van der Waals surface area contributed by atoms with E-state index < -0.39 is 6.10 Å². The highest BCUT2D eigenvalue weighted by Crippen LogP contribution is 2.18. The van der Waals surface area contributed by atoms with E-state index in [1.54, 1.807) is 0 Å². The maximum Gasteiger partial charge on any atom is 0.306 e. The first-order valence-electron chi connectivity index (χ1n) is 32.3. The van der Waals surface area contributed by atoms with Gasteiger partial charge in [0.2, 0.25) is 0 Å². The SMILES string of the molecule is CCCCCCC/C=C\C/C=C\CCCCCCCCCCCCCCCCCCCCCC(=O)OCC(COC(=O)CCCCCCCCCCC)OC(=O)CCCCCCCCCCCCCCCC. The van der Waals surface area contributed by atoms with Gasteiger partial charge < -0.3 is 14.2 Å². The van der Waals surface area contributed by atoms with E-state index in [0.29, 0.717) is 19.3 Å². The number of allylic oxidation sites excluding steroid dienone is 4. The number of esters is 3. The second kappa shape index (κ2) is 61.4. The number of unbranched alkanes of at least 4 members (excludes halogenated alkanes) is 45. The van der Waals surface area contributed by atoms with Gasteiger partial charge >= 0.3 is 17.9 Å². The highest BCUT2D eigenvalue weighted by Gasteiger charge is 2.19. The van der Waals surface area contributed by atoms with E-state index in [1.807, 2.05) is 0 Å². The molecule has 72 heavy (non-hydrogen) atoms. The van der Waals surface area contributed by atoms with E-state index in [0.717, 1.165) is 64.2 Å². The van der Waals surface area contributed by atoms with Gasteiger partial charge in [0.15, 0.2) is 6.10 Å². The van der Waals surface area contributed by atoms with Crippen LogP contribution in [0.1, 0.15) is 361 Å². The molecular formula is C66H124O6. The molecule has 1 unspecified atom stereocenters. The van der Waals surface area contributed by atoms with Crippen LogP contribution in [0.25, 0.3) is 0 Å². The van der Waals surface area contributed by atoms with Crippen LogP contribution in [0, 0.1) is 0 Å². The fourth-order valence-corrected chi connectivity index (χ4v) is 9.83. The molecule has 0 aromatic carbocycles. The van der Waals surface area contributed by atoms with Crippen molar-refractivity contribution in [3.05, 3.63) is 24.3 Å². The molecule has 0 aliphatic heterocycles. The Balaban J connectivity index is 4.02. The summed E-state index contributed by atoms with van der Waals surface area (Å²) in [6, 6.07) is 0. The minimum absolute atomic E-state index is 0.0640. The summed E-state index contributed by atoms with van der Waals surface area (Å²) in [4.78, 5) is 38.1. The van der Waals surface area contributed by atoms with Gasteiger partial charge in [-0.3, -0.25) is 14.4 Å². The third-order valence-electron chi connectivity index (χ3n) is 14.7. The highest BCUT2D eigenvalue weighted by molar-refractivity contribution is 5.71. The Bertz CT molecular complexity index is 1160. The summed E-state index contributed by atoms with van der Waals surface area (Å²) in [6.45, 7) is 6.67. The van der Waals surface area contributed by atoms with Crippen LogP contribution in [0.4, 0.5) is 0 Å². The lowest BCUT2D eigenvalue weighted by Crippen LogP contribution is -2.30. The smallest absolute Gasteiger partial charge is 0.306 e. The summed E-state index contributed by atoms with van der Waals surface area (Å²) < 4.78 is 16.9. The maximum atomic E-state index is 12.8. The van der Waals surface area contributed by atoms with Crippen LogP contribution in [0.5, 0.6) is 0 Å². The van der Waals surface area contributed by atoms with Crippen LogP contribution in [-0.4, -0.2) is 37.2 Å². The highest BCUT2D eigenvalue weighted by atomic mass is 16.6. The molecule has 0 aromatic heterocycles. The predicted molar refractivity (Wildman–Crippen MR) is 312 cm³/mol. The minimum Gasteiger partial charge on any atom is -0.462 e. The number of hydrogen-bond acceptors (Lipinski definition) is 6. The summed E-state index contributed by atoms with van der Waals surface area (Å²) in [7, 11) is 0. The van der Waals surface area contributed by atoms with E-state index in [4.69, 9.17) is 14.2 Å². The number of rotatable bonds is 60. The molecule has 0 aliphatic rings. The fourth-order valence-electron chi connectivity index (χ4n) is 9.83. The monoisotopic (exact) mass is 1010 g/mol. The lowest BCUT2D eigenvalue weighted by molar-refractivity contribution is -0.167. The van der Waals surface area contributed by atoms with Crippen molar-refractivity contribution in [2.45, 2.75) is 367 Å². The zero-order valence-electron chi connectivity index (χ0n) is 48.7. The molecule has 0 amide bonds. The summed E-state index contributed by atoms with van der Waals surface area (Å²) in [5, 5.41) is 0. The average Bonchev–Trinajstić information content (AvgIpc) is 3.38. The number of carbonyl (C=O) groups excluding carboxylic acids is 3. The zero-order chi connectivity index (χ0) is 52.2. The molecule has 0 radical (unpaired) electrons. The van der Waals surface area contributed by atoms with Gasteiger partial charge in [-0.05, 0) is 51.4 Å². The van der Waals surface area contributed by atoms with Gasteiger partial charge in [-0.15, -0.1) is 0 Å². The normalized spacial score (nSPS) is 12.1. The molecule has 6 nitrogen and oxygen atoms in total. The molecule has 0 aliphatic carbocycles. The molecule has 0 spiro atoms. The summed E-state index contributed by atoms with van der Waals surface area (Å²) >= 11 is 0. The van der Waals surface area contributed by atoms with E-state index in [1.165, 1.54) is 257 Å². The fraction of sp³-hybridized carbons (Fsp3) is 0.894. The van der Waals surface area contributed by atoms with E-state index in [9.17, 15) is 14.4 Å². The molecule has 6 heteroatoms. The van der Waals surface area contributed by atoms with Crippen molar-refractivity contribution in [1.82, 2.24) is 0 Å². The third kappa shape index (κ3) is 58.8. The van der Waals surface area contributed by atoms with Gasteiger partial charge in [-0.25, -0.2) is 0 Å². The Labute approximate surface area is 449 Å². The largest absolute Gasteiger partial charge is 0.462 e. The van der Waals surface area contributed by atoms with Crippen LogP contribution in [0.3, 0.4) is 0 Å². The average molecular weight is 1010 g/mol. The Morgan fingerprint density at radius 3 is 0.764 bits per heavy atom. The zero-order valence-corrected chi connectivity index (χ0v) is 48.7. The second-order valence-electron chi connectivity index (χ2n) is 22.0. The third-order valence-corrected chi connectivity index (χ3v) is 14.7. The molecule has 0 saturated heterocycles. The number of hydrogen-bond donors (Lipinski definition) is 0.